The molecule has 0 aliphatic rings. The van der Waals surface area contributed by atoms with E-state index in [9.17, 15) is 4.79 Å². The first kappa shape index (κ1) is 24.2. The van der Waals surface area contributed by atoms with E-state index >= 15 is 0 Å². The van der Waals surface area contributed by atoms with Crippen molar-refractivity contribution in [2.45, 2.75) is 17.9 Å². The van der Waals surface area contributed by atoms with Crippen molar-refractivity contribution < 1.29 is 14.3 Å². The third-order valence-corrected chi connectivity index (χ3v) is 6.10. The molecule has 0 atom stereocenters. The number of benzene rings is 3. The molecule has 0 spiro atoms. The zero-order valence-corrected chi connectivity index (χ0v) is 20.5. The summed E-state index contributed by atoms with van der Waals surface area (Å²) in [5.41, 5.74) is 4.39. The van der Waals surface area contributed by atoms with E-state index in [1.165, 1.54) is 0 Å². The summed E-state index contributed by atoms with van der Waals surface area (Å²) in [5.74, 6) is 1.73. The summed E-state index contributed by atoms with van der Waals surface area (Å²) >= 11 is 10.9. The highest BCUT2D eigenvalue weighted by Crippen LogP contribution is 2.28. The average Bonchev–Trinajstić information content (AvgIpc) is 2.80. The molecule has 0 saturated heterocycles. The molecule has 0 aromatic heterocycles. The Balaban J connectivity index is 1.46. The third kappa shape index (κ3) is 7.89. The van der Waals surface area contributed by atoms with Crippen molar-refractivity contribution in [1.29, 1.82) is 0 Å². The number of carbonyl (C=O) groups is 1. The maximum Gasteiger partial charge on any atom is 0.240 e. The summed E-state index contributed by atoms with van der Waals surface area (Å²) in [4.78, 5) is 13.1. The van der Waals surface area contributed by atoms with Crippen molar-refractivity contribution in [3.05, 3.63) is 87.4 Å². The largest absolute Gasteiger partial charge is 0.493 e. The summed E-state index contributed by atoms with van der Waals surface area (Å²) in [6.45, 7) is 0.432. The molecule has 0 bridgehead atoms. The van der Waals surface area contributed by atoms with Gasteiger partial charge in [0.2, 0.25) is 5.91 Å². The minimum atomic E-state index is -0.149. The van der Waals surface area contributed by atoms with Crippen molar-refractivity contribution in [1.82, 2.24) is 5.43 Å². The first-order valence-corrected chi connectivity index (χ1v) is 11.9. The van der Waals surface area contributed by atoms with E-state index < -0.39 is 0 Å². The number of halogens is 2. The number of methoxy groups -OCH3 is 1. The van der Waals surface area contributed by atoms with Gasteiger partial charge < -0.3 is 9.47 Å². The van der Waals surface area contributed by atoms with Gasteiger partial charge in [-0.05, 0) is 65.7 Å². The Hall–Kier alpha value is -2.48. The average molecular weight is 534 g/mol. The first-order valence-electron chi connectivity index (χ1n) is 9.79. The van der Waals surface area contributed by atoms with Gasteiger partial charge in [0.15, 0.2) is 11.5 Å². The Morgan fingerprint density at radius 2 is 1.84 bits per heavy atom. The molecule has 0 aliphatic heterocycles. The first-order chi connectivity index (χ1) is 15.5. The van der Waals surface area contributed by atoms with Crippen LogP contribution in [0.5, 0.6) is 11.5 Å². The van der Waals surface area contributed by atoms with Gasteiger partial charge in [-0.15, -0.1) is 11.8 Å². The molecule has 8 heteroatoms. The molecular weight excluding hydrogens is 512 g/mol. The fourth-order valence-electron chi connectivity index (χ4n) is 2.65. The number of carbonyl (C=O) groups excluding carboxylic acids is 1. The topological polar surface area (TPSA) is 59.9 Å². The van der Waals surface area contributed by atoms with E-state index in [2.05, 4.69) is 26.5 Å². The fraction of sp³-hybridized carbons (Fsp3) is 0.167. The maximum atomic E-state index is 12.0. The SMILES string of the molecule is COc1cc(/C=N\NC(=O)CCSc2ccc(Cl)cc2)ccc1OCc1ccc(Br)cc1. The number of hydrogen-bond donors (Lipinski definition) is 1. The zero-order valence-electron chi connectivity index (χ0n) is 17.4. The molecule has 3 rings (SSSR count). The van der Waals surface area contributed by atoms with Crippen molar-refractivity contribution in [2.75, 3.05) is 12.9 Å². The van der Waals surface area contributed by atoms with Crippen molar-refractivity contribution >= 4 is 51.4 Å². The van der Waals surface area contributed by atoms with Gasteiger partial charge in [0.05, 0.1) is 13.3 Å². The second-order valence-corrected chi connectivity index (χ2v) is 9.19. The molecule has 3 aromatic rings. The predicted octanol–water partition coefficient (Wildman–Crippen LogP) is 6.32. The van der Waals surface area contributed by atoms with Crippen LogP contribution in [-0.2, 0) is 11.4 Å². The predicted molar refractivity (Wildman–Crippen MR) is 134 cm³/mol. The molecule has 32 heavy (non-hydrogen) atoms. The molecule has 5 nitrogen and oxygen atoms in total. The van der Waals surface area contributed by atoms with Crippen LogP contribution in [0.15, 0.2) is 81.2 Å². The van der Waals surface area contributed by atoms with Gasteiger partial charge >= 0.3 is 0 Å². The molecule has 0 heterocycles. The molecule has 166 valence electrons. The van der Waals surface area contributed by atoms with Crippen LogP contribution in [0.25, 0.3) is 0 Å². The van der Waals surface area contributed by atoms with Crippen LogP contribution < -0.4 is 14.9 Å². The Morgan fingerprint density at radius 1 is 1.09 bits per heavy atom. The van der Waals surface area contributed by atoms with Crippen LogP contribution in [0, 0.1) is 0 Å². The number of amides is 1. The van der Waals surface area contributed by atoms with Crippen LogP contribution >= 0.6 is 39.3 Å². The molecule has 3 aromatic carbocycles. The minimum absolute atomic E-state index is 0.149. The second kappa shape index (κ2) is 12.5. The number of nitrogens with one attached hydrogen (secondary N) is 1. The molecule has 1 amide bonds. The van der Waals surface area contributed by atoms with E-state index in [1.54, 1.807) is 25.1 Å². The number of hydrogen-bond acceptors (Lipinski definition) is 5. The molecule has 0 radical (unpaired) electrons. The second-order valence-electron chi connectivity index (χ2n) is 6.67. The molecule has 0 aliphatic carbocycles. The van der Waals surface area contributed by atoms with Gasteiger partial charge in [0.1, 0.15) is 6.61 Å². The van der Waals surface area contributed by atoms with Crippen LogP contribution in [0.2, 0.25) is 5.02 Å². The fourth-order valence-corrected chi connectivity index (χ4v) is 3.89. The summed E-state index contributed by atoms with van der Waals surface area (Å²) < 4.78 is 12.3. The Morgan fingerprint density at radius 3 is 2.56 bits per heavy atom. The maximum absolute atomic E-state index is 12.0. The quantitative estimate of drug-likeness (QED) is 0.188. The Bertz CT molecular complexity index is 1060. The van der Waals surface area contributed by atoms with Crippen LogP contribution in [0.3, 0.4) is 0 Å². The Labute approximate surface area is 205 Å². The van der Waals surface area contributed by atoms with Crippen LogP contribution in [-0.4, -0.2) is 25.0 Å². The van der Waals surface area contributed by atoms with E-state index in [0.717, 1.165) is 20.5 Å². The molecular formula is C24H22BrClN2O3S. The lowest BCUT2D eigenvalue weighted by atomic mass is 10.2. The molecule has 0 unspecified atom stereocenters. The zero-order chi connectivity index (χ0) is 22.8. The lowest BCUT2D eigenvalue weighted by Gasteiger charge is -2.11. The standard InChI is InChI=1S/C24H22BrClN2O3S/c1-30-23-14-18(4-11-22(23)31-16-17-2-5-19(25)6-3-17)15-27-28-24(29)12-13-32-21-9-7-20(26)8-10-21/h2-11,14-15H,12-13,16H2,1H3,(H,28,29)/b27-15-. The lowest BCUT2D eigenvalue weighted by Crippen LogP contribution is -2.17. The van der Waals surface area contributed by atoms with E-state index in [-0.39, 0.29) is 5.91 Å². The van der Waals surface area contributed by atoms with E-state index in [4.69, 9.17) is 21.1 Å². The number of ether oxygens (including phenoxy) is 2. The summed E-state index contributed by atoms with van der Waals surface area (Å²) in [6, 6.07) is 20.9. The van der Waals surface area contributed by atoms with Gasteiger partial charge in [-0.25, -0.2) is 5.43 Å². The van der Waals surface area contributed by atoms with Gasteiger partial charge in [-0.1, -0.05) is 39.7 Å². The van der Waals surface area contributed by atoms with Gasteiger partial charge in [0, 0.05) is 26.6 Å². The monoisotopic (exact) mass is 532 g/mol. The van der Waals surface area contributed by atoms with Crippen LogP contribution in [0.1, 0.15) is 17.5 Å². The van der Waals surface area contributed by atoms with Gasteiger partial charge in [-0.3, -0.25) is 4.79 Å². The minimum Gasteiger partial charge on any atom is -0.493 e. The highest BCUT2D eigenvalue weighted by atomic mass is 79.9. The molecule has 0 saturated carbocycles. The highest BCUT2D eigenvalue weighted by molar-refractivity contribution is 9.10. The number of thioether (sulfide) groups is 1. The van der Waals surface area contributed by atoms with Gasteiger partial charge in [-0.2, -0.15) is 5.10 Å². The van der Waals surface area contributed by atoms with E-state index in [0.29, 0.717) is 35.3 Å². The van der Waals surface area contributed by atoms with Crippen molar-refractivity contribution in [3.8, 4) is 11.5 Å². The van der Waals surface area contributed by atoms with Crippen molar-refractivity contribution in [2.24, 2.45) is 5.10 Å². The number of nitrogens with zero attached hydrogens (tertiary/aromatic N) is 1. The summed E-state index contributed by atoms with van der Waals surface area (Å²) in [7, 11) is 1.59. The van der Waals surface area contributed by atoms with Crippen molar-refractivity contribution in [3.63, 3.8) is 0 Å². The summed E-state index contributed by atoms with van der Waals surface area (Å²) in [5, 5.41) is 4.73. The highest BCUT2D eigenvalue weighted by Gasteiger charge is 2.06. The van der Waals surface area contributed by atoms with Gasteiger partial charge in [0.25, 0.3) is 0 Å². The molecule has 0 fully saturated rings. The van der Waals surface area contributed by atoms with Crippen LogP contribution in [0.4, 0.5) is 0 Å². The van der Waals surface area contributed by atoms with E-state index in [1.807, 2.05) is 66.7 Å². The normalized spacial score (nSPS) is 10.8. The molecule has 1 N–H and O–H groups in total. The lowest BCUT2D eigenvalue weighted by molar-refractivity contribution is -0.120. The third-order valence-electron chi connectivity index (χ3n) is 4.31. The summed E-state index contributed by atoms with van der Waals surface area (Å²) in [6.07, 6.45) is 1.93. The smallest absolute Gasteiger partial charge is 0.240 e. The number of rotatable bonds is 10. The number of hydrazone groups is 1. The Kier molecular flexibility index (Phi) is 9.46.